The Morgan fingerprint density at radius 3 is 2.82 bits per heavy atom. The van der Waals surface area contributed by atoms with Gasteiger partial charge in [-0.05, 0) is 12.8 Å². The molecule has 22 heavy (non-hydrogen) atoms. The number of carbonyl (C=O) groups is 1. The average molecular weight is 323 g/mol. The number of nitrogens with zero attached hydrogens (tertiary/aromatic N) is 4. The predicted molar refractivity (Wildman–Crippen MR) is 77.9 cm³/mol. The summed E-state index contributed by atoms with van der Waals surface area (Å²) in [7, 11) is -1.64. The second kappa shape index (κ2) is 5.24. The Bertz CT molecular complexity index is 807. The van der Waals surface area contributed by atoms with Crippen LogP contribution in [0, 0.1) is 0 Å². The predicted octanol–water partition coefficient (Wildman–Crippen LogP) is 0.524. The number of sulfone groups is 1. The normalized spacial score (nSPS) is 18.8. The molecule has 1 N–H and O–H groups in total. The van der Waals surface area contributed by atoms with Crippen molar-refractivity contribution < 1.29 is 13.2 Å². The monoisotopic (exact) mass is 323 g/mol. The van der Waals surface area contributed by atoms with Gasteiger partial charge in [-0.25, -0.2) is 8.42 Å². The van der Waals surface area contributed by atoms with E-state index in [1.54, 1.807) is 22.8 Å². The molecule has 3 heterocycles. The molecule has 3 rings (SSSR count). The molecule has 0 spiro atoms. The number of carbonyl (C=O) groups excluding carboxylic acids is 1. The van der Waals surface area contributed by atoms with Crippen LogP contribution in [0.15, 0.2) is 23.5 Å². The summed E-state index contributed by atoms with van der Waals surface area (Å²) in [5.74, 6) is -0.148. The number of aryl methyl sites for hydroxylation is 1. The standard InChI is InChI=1S/C13H17N5O3S/c1-17-8-9(6-15-17)13(19)18-5-3-4-10(18)12-11(7-14-16-12)22(2,20)21/h6-8,10H,3-5H2,1-2H3,(H,14,16). The first-order valence-electron chi connectivity index (χ1n) is 6.91. The average Bonchev–Trinajstić information content (AvgIpc) is 3.16. The number of aromatic amines is 1. The SMILES string of the molecule is Cn1cc(C(=O)N2CCCC2c2[nH]ncc2S(C)(=O)=O)cn1. The van der Waals surface area contributed by atoms with Crippen molar-refractivity contribution in [3.63, 3.8) is 0 Å². The quantitative estimate of drug-likeness (QED) is 0.887. The van der Waals surface area contributed by atoms with Crippen LogP contribution in [0.5, 0.6) is 0 Å². The van der Waals surface area contributed by atoms with Gasteiger partial charge in [0, 0.05) is 26.0 Å². The molecule has 0 aliphatic carbocycles. The van der Waals surface area contributed by atoms with Gasteiger partial charge in [0.15, 0.2) is 9.84 Å². The Balaban J connectivity index is 1.94. The van der Waals surface area contributed by atoms with E-state index in [1.807, 2.05) is 0 Å². The summed E-state index contributed by atoms with van der Waals surface area (Å²) >= 11 is 0. The van der Waals surface area contributed by atoms with Crippen LogP contribution >= 0.6 is 0 Å². The smallest absolute Gasteiger partial charge is 0.257 e. The summed E-state index contributed by atoms with van der Waals surface area (Å²) in [6.07, 6.45) is 7.14. The number of rotatable bonds is 3. The first kappa shape index (κ1) is 14.8. The van der Waals surface area contributed by atoms with Gasteiger partial charge in [-0.2, -0.15) is 10.2 Å². The zero-order valence-corrected chi connectivity index (χ0v) is 13.2. The summed E-state index contributed by atoms with van der Waals surface area (Å²) in [5, 5.41) is 10.6. The molecule has 1 unspecified atom stereocenters. The molecule has 118 valence electrons. The maximum Gasteiger partial charge on any atom is 0.257 e. The van der Waals surface area contributed by atoms with Gasteiger partial charge in [-0.1, -0.05) is 0 Å². The second-order valence-corrected chi connectivity index (χ2v) is 7.46. The van der Waals surface area contributed by atoms with Crippen LogP contribution in [0.4, 0.5) is 0 Å². The molecule has 2 aromatic heterocycles. The first-order chi connectivity index (χ1) is 10.4. The first-order valence-corrected chi connectivity index (χ1v) is 8.80. The zero-order chi connectivity index (χ0) is 15.9. The van der Waals surface area contributed by atoms with Gasteiger partial charge < -0.3 is 4.90 Å². The summed E-state index contributed by atoms with van der Waals surface area (Å²) < 4.78 is 25.3. The molecule has 2 aromatic rings. The van der Waals surface area contributed by atoms with Crippen molar-refractivity contribution in [2.45, 2.75) is 23.8 Å². The molecule has 8 nitrogen and oxygen atoms in total. The molecule has 1 fully saturated rings. The van der Waals surface area contributed by atoms with Crippen molar-refractivity contribution in [3.8, 4) is 0 Å². The van der Waals surface area contributed by atoms with E-state index in [-0.39, 0.29) is 16.8 Å². The van der Waals surface area contributed by atoms with Crippen LogP contribution in [0.1, 0.15) is 34.9 Å². The molecule has 1 amide bonds. The molecular weight excluding hydrogens is 306 g/mol. The van der Waals surface area contributed by atoms with Gasteiger partial charge in [0.1, 0.15) is 4.90 Å². The molecule has 0 bridgehead atoms. The minimum atomic E-state index is -3.39. The third kappa shape index (κ3) is 2.52. The van der Waals surface area contributed by atoms with Crippen LogP contribution in [-0.2, 0) is 16.9 Å². The van der Waals surface area contributed by atoms with Crippen molar-refractivity contribution in [1.82, 2.24) is 24.9 Å². The number of aromatic nitrogens is 4. The number of amides is 1. The summed E-state index contributed by atoms with van der Waals surface area (Å²) in [6.45, 7) is 0.584. The lowest BCUT2D eigenvalue weighted by Crippen LogP contribution is -2.31. The minimum absolute atomic E-state index is 0.148. The highest BCUT2D eigenvalue weighted by atomic mass is 32.2. The lowest BCUT2D eigenvalue weighted by Gasteiger charge is -2.24. The number of hydrogen-bond donors (Lipinski definition) is 1. The Morgan fingerprint density at radius 2 is 2.18 bits per heavy atom. The van der Waals surface area contributed by atoms with Gasteiger partial charge in [0.05, 0.1) is 29.7 Å². The van der Waals surface area contributed by atoms with Crippen LogP contribution in [0.25, 0.3) is 0 Å². The Labute approximate surface area is 128 Å². The van der Waals surface area contributed by atoms with E-state index in [9.17, 15) is 13.2 Å². The highest BCUT2D eigenvalue weighted by Gasteiger charge is 2.35. The van der Waals surface area contributed by atoms with E-state index >= 15 is 0 Å². The number of nitrogens with one attached hydrogen (secondary N) is 1. The fourth-order valence-electron chi connectivity index (χ4n) is 2.83. The van der Waals surface area contributed by atoms with Gasteiger partial charge in [-0.15, -0.1) is 0 Å². The fraction of sp³-hybridized carbons (Fsp3) is 0.462. The third-order valence-electron chi connectivity index (χ3n) is 3.83. The van der Waals surface area contributed by atoms with E-state index in [4.69, 9.17) is 0 Å². The molecular formula is C13H17N5O3S. The number of likely N-dealkylation sites (tertiary alicyclic amines) is 1. The van der Waals surface area contributed by atoms with E-state index in [0.29, 0.717) is 24.2 Å². The van der Waals surface area contributed by atoms with Crippen LogP contribution in [0.2, 0.25) is 0 Å². The summed E-state index contributed by atoms with van der Waals surface area (Å²) in [5.41, 5.74) is 0.979. The molecule has 1 aliphatic heterocycles. The van der Waals surface area contributed by atoms with Crippen molar-refractivity contribution in [3.05, 3.63) is 29.8 Å². The number of hydrogen-bond acceptors (Lipinski definition) is 5. The van der Waals surface area contributed by atoms with Crippen LogP contribution in [0.3, 0.4) is 0 Å². The van der Waals surface area contributed by atoms with E-state index in [0.717, 1.165) is 12.7 Å². The van der Waals surface area contributed by atoms with E-state index in [2.05, 4.69) is 15.3 Å². The van der Waals surface area contributed by atoms with Crippen molar-refractivity contribution in [1.29, 1.82) is 0 Å². The van der Waals surface area contributed by atoms with Crippen LogP contribution in [-0.4, -0.2) is 52.0 Å². The van der Waals surface area contributed by atoms with Crippen LogP contribution < -0.4 is 0 Å². The molecule has 0 radical (unpaired) electrons. The topological polar surface area (TPSA) is 101 Å². The van der Waals surface area contributed by atoms with E-state index in [1.165, 1.54) is 12.4 Å². The largest absolute Gasteiger partial charge is 0.330 e. The van der Waals surface area contributed by atoms with Crippen molar-refractivity contribution in [2.24, 2.45) is 7.05 Å². The lowest BCUT2D eigenvalue weighted by atomic mass is 10.1. The van der Waals surface area contributed by atoms with Gasteiger partial charge in [-0.3, -0.25) is 14.6 Å². The molecule has 0 saturated carbocycles. The molecule has 1 aliphatic rings. The Morgan fingerprint density at radius 1 is 1.41 bits per heavy atom. The lowest BCUT2D eigenvalue weighted by molar-refractivity contribution is 0.0731. The molecule has 1 atom stereocenters. The van der Waals surface area contributed by atoms with Crippen molar-refractivity contribution >= 4 is 15.7 Å². The van der Waals surface area contributed by atoms with E-state index < -0.39 is 9.84 Å². The molecule has 1 saturated heterocycles. The number of H-pyrrole nitrogens is 1. The Kier molecular flexibility index (Phi) is 3.51. The zero-order valence-electron chi connectivity index (χ0n) is 12.4. The third-order valence-corrected chi connectivity index (χ3v) is 4.95. The second-order valence-electron chi connectivity index (χ2n) is 5.48. The molecule has 0 aromatic carbocycles. The maximum absolute atomic E-state index is 12.6. The van der Waals surface area contributed by atoms with Gasteiger partial charge >= 0.3 is 0 Å². The summed E-state index contributed by atoms with van der Waals surface area (Å²) in [6, 6.07) is -0.306. The highest BCUT2D eigenvalue weighted by Crippen LogP contribution is 2.35. The highest BCUT2D eigenvalue weighted by molar-refractivity contribution is 7.90. The van der Waals surface area contributed by atoms with Gasteiger partial charge in [0.2, 0.25) is 0 Å². The summed E-state index contributed by atoms with van der Waals surface area (Å²) in [4.78, 5) is 14.5. The molecule has 9 heteroatoms. The van der Waals surface area contributed by atoms with Gasteiger partial charge in [0.25, 0.3) is 5.91 Å². The fourth-order valence-corrected chi connectivity index (χ4v) is 3.65. The minimum Gasteiger partial charge on any atom is -0.330 e. The van der Waals surface area contributed by atoms with Crippen molar-refractivity contribution in [2.75, 3.05) is 12.8 Å². The Hall–Kier alpha value is -2.16. The maximum atomic E-state index is 12.6.